The van der Waals surface area contributed by atoms with Crippen LogP contribution in [0.25, 0.3) is 0 Å². The quantitative estimate of drug-likeness (QED) is 0.758. The minimum Gasteiger partial charge on any atom is -0.479 e. The van der Waals surface area contributed by atoms with Crippen LogP contribution in [0.3, 0.4) is 0 Å². The number of amides is 1. The minimum atomic E-state index is -1.41. The molecule has 0 fully saturated rings. The molecule has 1 rings (SSSR count). The van der Waals surface area contributed by atoms with Crippen LogP contribution in [0.15, 0.2) is 24.5 Å². The molecule has 1 aromatic rings. The van der Waals surface area contributed by atoms with Crippen molar-refractivity contribution in [1.29, 1.82) is 0 Å². The first-order valence-electron chi connectivity index (χ1n) is 4.39. The molecular formula is C10H12N2O3. The number of carboxylic acids is 1. The molecule has 0 saturated carbocycles. The number of aromatic nitrogens is 1. The Kier molecular flexibility index (Phi) is 3.04. The van der Waals surface area contributed by atoms with Crippen molar-refractivity contribution in [3.63, 3.8) is 0 Å². The second-order valence-electron chi connectivity index (χ2n) is 3.35. The van der Waals surface area contributed by atoms with Gasteiger partial charge >= 0.3 is 5.97 Å². The zero-order chi connectivity index (χ0) is 11.5. The van der Waals surface area contributed by atoms with Crippen molar-refractivity contribution >= 4 is 11.9 Å². The number of rotatable bonds is 3. The maximum Gasteiger partial charge on any atom is 0.333 e. The first-order chi connectivity index (χ1) is 6.97. The highest BCUT2D eigenvalue weighted by atomic mass is 16.4. The lowest BCUT2D eigenvalue weighted by Crippen LogP contribution is -2.48. The number of aliphatic carboxylic acids is 1. The van der Waals surface area contributed by atoms with Crippen LogP contribution in [-0.2, 0) is 15.1 Å². The van der Waals surface area contributed by atoms with Crippen molar-refractivity contribution in [1.82, 2.24) is 10.3 Å². The summed E-state index contributed by atoms with van der Waals surface area (Å²) < 4.78 is 0. The first-order valence-corrected chi connectivity index (χ1v) is 4.39. The maximum atomic E-state index is 11.1. The molecule has 1 amide bonds. The van der Waals surface area contributed by atoms with E-state index in [2.05, 4.69) is 10.3 Å². The molecule has 5 nitrogen and oxygen atoms in total. The molecule has 0 saturated heterocycles. The van der Waals surface area contributed by atoms with Crippen molar-refractivity contribution < 1.29 is 14.7 Å². The standard InChI is InChI=1S/C10H12N2O3/c1-7(13)12-10(2,9(14)15)8-3-5-11-6-4-8/h3-6H,1-2H3,(H,12,13)(H,14,15). The SMILES string of the molecule is CC(=O)NC(C)(C(=O)O)c1ccncc1. The molecule has 0 aliphatic rings. The van der Waals surface area contributed by atoms with Crippen LogP contribution in [0.5, 0.6) is 0 Å². The molecule has 0 bridgehead atoms. The lowest BCUT2D eigenvalue weighted by Gasteiger charge is -2.25. The largest absolute Gasteiger partial charge is 0.479 e. The third-order valence-electron chi connectivity index (χ3n) is 2.11. The van der Waals surface area contributed by atoms with E-state index in [1.54, 1.807) is 12.1 Å². The summed E-state index contributed by atoms with van der Waals surface area (Å²) in [5.41, 5.74) is -0.922. The molecule has 0 aromatic carbocycles. The Labute approximate surface area is 87.1 Å². The number of hydrogen-bond acceptors (Lipinski definition) is 3. The summed E-state index contributed by atoms with van der Waals surface area (Å²) in [6.45, 7) is 2.72. The third-order valence-corrected chi connectivity index (χ3v) is 2.11. The predicted molar refractivity (Wildman–Crippen MR) is 53.0 cm³/mol. The molecule has 1 unspecified atom stereocenters. The molecule has 1 atom stereocenters. The van der Waals surface area contributed by atoms with Gasteiger partial charge < -0.3 is 10.4 Å². The Morgan fingerprint density at radius 3 is 2.33 bits per heavy atom. The molecule has 5 heteroatoms. The van der Waals surface area contributed by atoms with E-state index in [0.29, 0.717) is 5.56 Å². The predicted octanol–water partition coefficient (Wildman–Crippen LogP) is 0.517. The van der Waals surface area contributed by atoms with Gasteiger partial charge in [0.1, 0.15) is 0 Å². The van der Waals surface area contributed by atoms with Gasteiger partial charge in [0, 0.05) is 19.3 Å². The van der Waals surface area contributed by atoms with Crippen molar-refractivity contribution in [2.24, 2.45) is 0 Å². The van der Waals surface area contributed by atoms with E-state index in [9.17, 15) is 9.59 Å². The first kappa shape index (κ1) is 11.2. The van der Waals surface area contributed by atoms with Crippen LogP contribution >= 0.6 is 0 Å². The summed E-state index contributed by atoms with van der Waals surface area (Å²) >= 11 is 0. The maximum absolute atomic E-state index is 11.1. The van der Waals surface area contributed by atoms with E-state index in [1.807, 2.05) is 0 Å². The van der Waals surface area contributed by atoms with Crippen LogP contribution < -0.4 is 5.32 Å². The van der Waals surface area contributed by atoms with Crippen molar-refractivity contribution in [3.8, 4) is 0 Å². The van der Waals surface area contributed by atoms with Gasteiger partial charge in [0.25, 0.3) is 0 Å². The van der Waals surface area contributed by atoms with Gasteiger partial charge in [0.2, 0.25) is 5.91 Å². The summed E-state index contributed by atoms with van der Waals surface area (Å²) in [6.07, 6.45) is 2.97. The molecule has 2 N–H and O–H groups in total. The van der Waals surface area contributed by atoms with Crippen LogP contribution in [0.2, 0.25) is 0 Å². The van der Waals surface area contributed by atoms with Gasteiger partial charge in [0.15, 0.2) is 5.54 Å². The van der Waals surface area contributed by atoms with E-state index in [4.69, 9.17) is 5.11 Å². The second-order valence-corrected chi connectivity index (χ2v) is 3.35. The lowest BCUT2D eigenvalue weighted by molar-refractivity contribution is -0.147. The lowest BCUT2D eigenvalue weighted by atomic mass is 9.93. The molecule has 0 radical (unpaired) electrons. The monoisotopic (exact) mass is 208 g/mol. The zero-order valence-corrected chi connectivity index (χ0v) is 8.52. The molecule has 0 aliphatic heterocycles. The van der Waals surface area contributed by atoms with Crippen molar-refractivity contribution in [3.05, 3.63) is 30.1 Å². The highest BCUT2D eigenvalue weighted by molar-refractivity contribution is 5.86. The molecule has 1 aromatic heterocycles. The van der Waals surface area contributed by atoms with Gasteiger partial charge in [-0.2, -0.15) is 0 Å². The van der Waals surface area contributed by atoms with Gasteiger partial charge in [-0.3, -0.25) is 9.78 Å². The number of hydrogen-bond donors (Lipinski definition) is 2. The Balaban J connectivity index is 3.13. The minimum absolute atomic E-state index is 0.392. The summed E-state index contributed by atoms with van der Waals surface area (Å²) in [5.74, 6) is -1.50. The van der Waals surface area contributed by atoms with Gasteiger partial charge in [-0.05, 0) is 24.6 Å². The summed E-state index contributed by atoms with van der Waals surface area (Å²) in [5, 5.41) is 11.5. The molecule has 15 heavy (non-hydrogen) atoms. The van der Waals surface area contributed by atoms with Gasteiger partial charge in [-0.1, -0.05) is 0 Å². The van der Waals surface area contributed by atoms with E-state index in [0.717, 1.165) is 0 Å². The number of carboxylic acid groups (broad SMARTS) is 1. The number of carbonyl (C=O) groups is 2. The number of carbonyl (C=O) groups excluding carboxylic acids is 1. The van der Waals surface area contributed by atoms with Crippen LogP contribution in [0.4, 0.5) is 0 Å². The highest BCUT2D eigenvalue weighted by Gasteiger charge is 2.35. The average Bonchev–Trinajstić information content (AvgIpc) is 2.17. The molecular weight excluding hydrogens is 196 g/mol. The molecule has 0 aliphatic carbocycles. The summed E-state index contributed by atoms with van der Waals surface area (Å²) in [6, 6.07) is 3.12. The Hall–Kier alpha value is -1.91. The van der Waals surface area contributed by atoms with Gasteiger partial charge in [-0.25, -0.2) is 4.79 Å². The second kappa shape index (κ2) is 4.08. The molecule has 1 heterocycles. The Bertz CT molecular complexity index is 378. The molecule has 0 spiro atoms. The average molecular weight is 208 g/mol. The highest BCUT2D eigenvalue weighted by Crippen LogP contribution is 2.19. The van der Waals surface area contributed by atoms with E-state index in [-0.39, 0.29) is 0 Å². The fourth-order valence-electron chi connectivity index (χ4n) is 1.29. The van der Waals surface area contributed by atoms with Gasteiger partial charge in [0.05, 0.1) is 0 Å². The van der Waals surface area contributed by atoms with Crippen LogP contribution in [0.1, 0.15) is 19.4 Å². The van der Waals surface area contributed by atoms with E-state index >= 15 is 0 Å². The fourth-order valence-corrected chi connectivity index (χ4v) is 1.29. The molecule has 80 valence electrons. The van der Waals surface area contributed by atoms with E-state index < -0.39 is 17.4 Å². The normalized spacial score (nSPS) is 14.0. The topological polar surface area (TPSA) is 79.3 Å². The van der Waals surface area contributed by atoms with E-state index in [1.165, 1.54) is 26.2 Å². The van der Waals surface area contributed by atoms with Crippen LogP contribution in [-0.4, -0.2) is 22.0 Å². The van der Waals surface area contributed by atoms with Crippen LogP contribution in [0, 0.1) is 0 Å². The Morgan fingerprint density at radius 1 is 1.40 bits per heavy atom. The van der Waals surface area contributed by atoms with Crippen molar-refractivity contribution in [2.45, 2.75) is 19.4 Å². The summed E-state index contributed by atoms with van der Waals surface area (Å²) in [4.78, 5) is 25.9. The fraction of sp³-hybridized carbons (Fsp3) is 0.300. The van der Waals surface area contributed by atoms with Crippen molar-refractivity contribution in [2.75, 3.05) is 0 Å². The zero-order valence-electron chi connectivity index (χ0n) is 8.52. The summed E-state index contributed by atoms with van der Waals surface area (Å²) in [7, 11) is 0. The third kappa shape index (κ3) is 2.31. The smallest absolute Gasteiger partial charge is 0.333 e. The number of nitrogens with one attached hydrogen (secondary N) is 1. The number of nitrogens with zero attached hydrogens (tertiary/aromatic N) is 1. The Morgan fingerprint density at radius 2 is 1.93 bits per heavy atom. The van der Waals surface area contributed by atoms with Gasteiger partial charge in [-0.15, -0.1) is 0 Å². The number of pyridine rings is 1.